The van der Waals surface area contributed by atoms with Gasteiger partial charge in [-0.2, -0.15) is 5.10 Å². The van der Waals surface area contributed by atoms with Crippen LogP contribution in [0.25, 0.3) is 11.5 Å². The van der Waals surface area contributed by atoms with Crippen molar-refractivity contribution in [1.29, 1.82) is 0 Å². The van der Waals surface area contributed by atoms with E-state index in [1.807, 2.05) is 41.9 Å². The summed E-state index contributed by atoms with van der Waals surface area (Å²) in [5, 5.41) is 11.0. The Balaban J connectivity index is 0.00000280. The lowest BCUT2D eigenvalue weighted by atomic mass is 10.2. The van der Waals surface area contributed by atoms with Gasteiger partial charge in [0.15, 0.2) is 5.96 Å². The van der Waals surface area contributed by atoms with Crippen molar-refractivity contribution in [2.45, 2.75) is 33.4 Å². The highest BCUT2D eigenvalue weighted by atomic mass is 127. The van der Waals surface area contributed by atoms with Crippen LogP contribution in [0.5, 0.6) is 0 Å². The lowest BCUT2D eigenvalue weighted by Gasteiger charge is -2.11. The molecule has 0 unspecified atom stereocenters. The minimum Gasteiger partial charge on any atom is -0.444 e. The molecule has 0 radical (unpaired) electrons. The summed E-state index contributed by atoms with van der Waals surface area (Å²) in [7, 11) is 1.76. The monoisotopic (exact) mass is 494 g/mol. The summed E-state index contributed by atoms with van der Waals surface area (Å²) < 4.78 is 7.59. The molecule has 0 saturated heterocycles. The Kier molecular flexibility index (Phi) is 8.49. The summed E-state index contributed by atoms with van der Waals surface area (Å²) in [5.74, 6) is 1.37. The van der Waals surface area contributed by atoms with Gasteiger partial charge in [-0.3, -0.25) is 9.67 Å². The van der Waals surface area contributed by atoms with Crippen molar-refractivity contribution in [2.24, 2.45) is 4.99 Å². The number of oxazole rings is 1. The fourth-order valence-electron chi connectivity index (χ4n) is 2.83. The van der Waals surface area contributed by atoms with Gasteiger partial charge in [-0.15, -0.1) is 24.0 Å². The van der Waals surface area contributed by atoms with Crippen LogP contribution in [0.3, 0.4) is 0 Å². The molecule has 8 heteroatoms. The third-order valence-corrected chi connectivity index (χ3v) is 4.18. The molecule has 7 nitrogen and oxygen atoms in total. The summed E-state index contributed by atoms with van der Waals surface area (Å²) in [6, 6.07) is 12.0. The van der Waals surface area contributed by atoms with Gasteiger partial charge in [-0.1, -0.05) is 18.2 Å². The highest BCUT2D eigenvalue weighted by molar-refractivity contribution is 14.0. The molecule has 1 aromatic carbocycles. The number of aryl methyl sites for hydroxylation is 3. The second kappa shape index (κ2) is 10.8. The van der Waals surface area contributed by atoms with Crippen LogP contribution in [-0.2, 0) is 13.1 Å². The highest BCUT2D eigenvalue weighted by Crippen LogP contribution is 2.17. The zero-order valence-electron chi connectivity index (χ0n) is 16.5. The van der Waals surface area contributed by atoms with Gasteiger partial charge in [-0.05, 0) is 38.5 Å². The van der Waals surface area contributed by atoms with Gasteiger partial charge in [0, 0.05) is 31.4 Å². The molecule has 0 saturated carbocycles. The van der Waals surface area contributed by atoms with E-state index < -0.39 is 0 Å². The van der Waals surface area contributed by atoms with Crippen LogP contribution in [-0.4, -0.2) is 34.3 Å². The maximum absolute atomic E-state index is 5.56. The molecule has 0 bridgehead atoms. The molecule has 150 valence electrons. The van der Waals surface area contributed by atoms with E-state index in [0.29, 0.717) is 12.4 Å². The molecule has 0 aliphatic rings. The van der Waals surface area contributed by atoms with E-state index in [4.69, 9.17) is 4.42 Å². The normalized spacial score (nSPS) is 11.2. The van der Waals surface area contributed by atoms with Gasteiger partial charge in [0.05, 0.1) is 17.9 Å². The maximum atomic E-state index is 5.56. The molecule has 0 aliphatic heterocycles. The smallest absolute Gasteiger partial charge is 0.226 e. The average Bonchev–Trinajstić information content (AvgIpc) is 3.28. The fourth-order valence-corrected chi connectivity index (χ4v) is 2.83. The van der Waals surface area contributed by atoms with E-state index >= 15 is 0 Å². The van der Waals surface area contributed by atoms with E-state index in [-0.39, 0.29) is 24.0 Å². The molecule has 28 heavy (non-hydrogen) atoms. The van der Waals surface area contributed by atoms with Gasteiger partial charge in [0.1, 0.15) is 6.26 Å². The third kappa shape index (κ3) is 6.08. The molecule has 3 rings (SSSR count). The van der Waals surface area contributed by atoms with Crippen molar-refractivity contribution in [3.8, 4) is 11.5 Å². The summed E-state index contributed by atoms with van der Waals surface area (Å²) in [6.07, 6.45) is 2.64. The molecule has 0 spiro atoms. The Morgan fingerprint density at radius 2 is 1.96 bits per heavy atom. The number of guanidine groups is 1. The van der Waals surface area contributed by atoms with Crippen LogP contribution < -0.4 is 10.6 Å². The van der Waals surface area contributed by atoms with Crippen molar-refractivity contribution in [1.82, 2.24) is 25.4 Å². The minimum atomic E-state index is 0. The minimum absolute atomic E-state index is 0. The van der Waals surface area contributed by atoms with Gasteiger partial charge in [-0.25, -0.2) is 4.98 Å². The number of hydrogen-bond donors (Lipinski definition) is 2. The molecule has 2 aromatic heterocycles. The number of aliphatic imine (C=N–C) groups is 1. The first-order valence-electron chi connectivity index (χ1n) is 9.11. The van der Waals surface area contributed by atoms with Crippen LogP contribution in [0.4, 0.5) is 0 Å². The molecule has 2 heterocycles. The molecule has 0 fully saturated rings. The largest absolute Gasteiger partial charge is 0.444 e. The Hall–Kier alpha value is -2.36. The average molecular weight is 494 g/mol. The van der Waals surface area contributed by atoms with E-state index in [0.717, 1.165) is 42.4 Å². The molecular weight excluding hydrogens is 467 g/mol. The van der Waals surface area contributed by atoms with Crippen LogP contribution >= 0.6 is 24.0 Å². The summed E-state index contributed by atoms with van der Waals surface area (Å²) in [5.41, 5.74) is 4.05. The molecule has 0 aliphatic carbocycles. The van der Waals surface area contributed by atoms with Crippen LogP contribution in [0.1, 0.15) is 23.5 Å². The second-order valence-electron chi connectivity index (χ2n) is 6.37. The van der Waals surface area contributed by atoms with Crippen molar-refractivity contribution >= 4 is 29.9 Å². The highest BCUT2D eigenvalue weighted by Gasteiger charge is 2.07. The standard InChI is InChI=1S/C20H26N6O.HI/c1-15-12-16(2)26(25-15)11-7-10-22-20(21-3)23-13-18-14-27-19(24-18)17-8-5-4-6-9-17;/h4-6,8-9,12,14H,7,10-11,13H2,1-3H3,(H2,21,22,23);1H. The molecule has 0 amide bonds. The Morgan fingerprint density at radius 3 is 2.64 bits per heavy atom. The number of halogens is 1. The van der Waals surface area contributed by atoms with Crippen LogP contribution in [0.15, 0.2) is 52.1 Å². The van der Waals surface area contributed by atoms with Crippen LogP contribution in [0, 0.1) is 13.8 Å². The summed E-state index contributed by atoms with van der Waals surface area (Å²) in [6.45, 7) is 6.34. The topological polar surface area (TPSA) is 80.3 Å². The van der Waals surface area contributed by atoms with Crippen molar-refractivity contribution < 1.29 is 4.42 Å². The number of nitrogens with zero attached hydrogens (tertiary/aromatic N) is 4. The number of rotatable bonds is 7. The van der Waals surface area contributed by atoms with E-state index in [9.17, 15) is 0 Å². The van der Waals surface area contributed by atoms with Crippen molar-refractivity contribution in [3.05, 3.63) is 59.7 Å². The second-order valence-corrected chi connectivity index (χ2v) is 6.37. The van der Waals surface area contributed by atoms with E-state index in [1.165, 1.54) is 5.69 Å². The molecule has 3 aromatic rings. The summed E-state index contributed by atoms with van der Waals surface area (Å²) >= 11 is 0. The zero-order chi connectivity index (χ0) is 19.1. The molecule has 0 atom stereocenters. The number of hydrogen-bond acceptors (Lipinski definition) is 4. The predicted molar refractivity (Wildman–Crippen MR) is 122 cm³/mol. The first kappa shape index (κ1) is 21.9. The number of aromatic nitrogens is 3. The van der Waals surface area contributed by atoms with Gasteiger partial charge < -0.3 is 15.1 Å². The van der Waals surface area contributed by atoms with Crippen LogP contribution in [0.2, 0.25) is 0 Å². The van der Waals surface area contributed by atoms with Gasteiger partial charge in [0.2, 0.25) is 5.89 Å². The lowest BCUT2D eigenvalue weighted by molar-refractivity contribution is 0.555. The van der Waals surface area contributed by atoms with Crippen molar-refractivity contribution in [2.75, 3.05) is 13.6 Å². The fraction of sp³-hybridized carbons (Fsp3) is 0.350. The van der Waals surface area contributed by atoms with Gasteiger partial charge >= 0.3 is 0 Å². The predicted octanol–water partition coefficient (Wildman–Crippen LogP) is 3.53. The molecular formula is C20H27IN6O. The maximum Gasteiger partial charge on any atom is 0.226 e. The van der Waals surface area contributed by atoms with E-state index in [1.54, 1.807) is 13.3 Å². The Morgan fingerprint density at radius 1 is 1.18 bits per heavy atom. The quantitative estimate of drug-likeness (QED) is 0.228. The Bertz CT molecular complexity index is 887. The summed E-state index contributed by atoms with van der Waals surface area (Å²) in [4.78, 5) is 8.76. The lowest BCUT2D eigenvalue weighted by Crippen LogP contribution is -2.37. The third-order valence-electron chi connectivity index (χ3n) is 4.18. The molecule has 2 N–H and O–H groups in total. The SMILES string of the molecule is CN=C(NCCCn1nc(C)cc1C)NCc1coc(-c2ccccc2)n1.I. The Labute approximate surface area is 182 Å². The van der Waals surface area contributed by atoms with Crippen molar-refractivity contribution in [3.63, 3.8) is 0 Å². The van der Waals surface area contributed by atoms with Gasteiger partial charge in [0.25, 0.3) is 0 Å². The number of benzene rings is 1. The number of nitrogens with one attached hydrogen (secondary N) is 2. The first-order valence-corrected chi connectivity index (χ1v) is 9.11. The first-order chi connectivity index (χ1) is 13.2. The zero-order valence-corrected chi connectivity index (χ0v) is 18.8. The van der Waals surface area contributed by atoms with E-state index in [2.05, 4.69) is 38.7 Å².